The van der Waals surface area contributed by atoms with E-state index in [2.05, 4.69) is 48.0 Å². The number of hydrogen-bond acceptors (Lipinski definition) is 4. The van der Waals surface area contributed by atoms with Crippen LogP contribution in [0.25, 0.3) is 5.70 Å². The third-order valence-corrected chi connectivity index (χ3v) is 7.89. The van der Waals surface area contributed by atoms with Gasteiger partial charge in [0.1, 0.15) is 11.6 Å². The number of azo groups is 1. The average Bonchev–Trinajstić information content (AvgIpc) is 3.42. The quantitative estimate of drug-likeness (QED) is 0.495. The van der Waals surface area contributed by atoms with Crippen molar-refractivity contribution in [3.8, 4) is 0 Å². The molecule has 0 bridgehead atoms. The third kappa shape index (κ3) is 5.18. The second kappa shape index (κ2) is 10.4. The molecule has 5 nitrogen and oxygen atoms in total. The van der Waals surface area contributed by atoms with Gasteiger partial charge in [0.05, 0.1) is 16.7 Å². The Morgan fingerprint density at radius 2 is 1.88 bits per heavy atom. The minimum Gasteiger partial charge on any atom is -0.341 e. The third-order valence-electron chi connectivity index (χ3n) is 7.89. The highest BCUT2D eigenvalue weighted by molar-refractivity contribution is 5.83. The molecule has 1 heterocycles. The SMILES string of the molecule is C/N=N\C(=C/C(C)[C@H]1CC[C@](C(=O)N2CC[C@@H](N(C)C)C2)(C(C)C)C1)c1c(F)cccc1F. The van der Waals surface area contributed by atoms with Gasteiger partial charge in [-0.3, -0.25) is 4.79 Å². The Bertz CT molecular complexity index is 893. The number of carbonyl (C=O) groups excluding carboxylic acids is 1. The lowest BCUT2D eigenvalue weighted by Gasteiger charge is -2.37. The van der Waals surface area contributed by atoms with Crippen LogP contribution < -0.4 is 0 Å². The van der Waals surface area contributed by atoms with E-state index in [0.717, 1.165) is 38.8 Å². The minimum absolute atomic E-state index is 0.00559. The van der Waals surface area contributed by atoms with Crippen molar-refractivity contribution in [2.24, 2.45) is 33.4 Å². The zero-order chi connectivity index (χ0) is 24.3. The Morgan fingerprint density at radius 1 is 1.21 bits per heavy atom. The van der Waals surface area contributed by atoms with Gasteiger partial charge in [0, 0.05) is 26.2 Å². The molecule has 1 amide bonds. The molecule has 4 atom stereocenters. The second-order valence-electron chi connectivity index (χ2n) is 10.3. The van der Waals surface area contributed by atoms with Crippen molar-refractivity contribution in [3.63, 3.8) is 0 Å². The lowest BCUT2D eigenvalue weighted by molar-refractivity contribution is -0.144. The largest absolute Gasteiger partial charge is 0.341 e. The topological polar surface area (TPSA) is 48.3 Å². The van der Waals surface area contributed by atoms with E-state index in [4.69, 9.17) is 0 Å². The molecule has 0 radical (unpaired) electrons. The van der Waals surface area contributed by atoms with Crippen molar-refractivity contribution < 1.29 is 13.6 Å². The van der Waals surface area contributed by atoms with Crippen molar-refractivity contribution >= 4 is 11.6 Å². The highest BCUT2D eigenvalue weighted by Crippen LogP contribution is 2.51. The molecule has 1 aliphatic heterocycles. The van der Waals surface area contributed by atoms with Gasteiger partial charge in [-0.25, -0.2) is 8.78 Å². The van der Waals surface area contributed by atoms with Gasteiger partial charge in [-0.05, 0) is 69.7 Å². The molecule has 2 fully saturated rings. The van der Waals surface area contributed by atoms with E-state index in [-0.39, 0.29) is 40.3 Å². The van der Waals surface area contributed by atoms with Gasteiger partial charge in [-0.15, -0.1) is 0 Å². The number of nitrogens with zero attached hydrogens (tertiary/aromatic N) is 4. The molecule has 1 aromatic rings. The number of rotatable bonds is 7. The summed E-state index contributed by atoms with van der Waals surface area (Å²) in [4.78, 5) is 18.0. The van der Waals surface area contributed by atoms with Crippen LogP contribution in [0.15, 0.2) is 34.5 Å². The second-order valence-corrected chi connectivity index (χ2v) is 10.3. The van der Waals surface area contributed by atoms with Crippen molar-refractivity contribution in [1.82, 2.24) is 9.80 Å². The van der Waals surface area contributed by atoms with E-state index >= 15 is 0 Å². The van der Waals surface area contributed by atoms with Crippen LogP contribution >= 0.6 is 0 Å². The first kappa shape index (κ1) is 25.5. The first-order chi connectivity index (χ1) is 15.6. The standard InChI is InChI=1S/C26H38F2N4O/c1-17(2)26(25(33)32-13-11-20(16-32)31(5)6)12-10-19(15-26)18(3)14-23(30-29-4)24-21(27)8-7-9-22(24)28/h7-9,14,17-20H,10-13,15-16H2,1-6H3/b23-14-,30-29-/t18?,19-,20+,26+/m0/s1. The number of carbonyl (C=O) groups is 1. The molecule has 1 saturated carbocycles. The van der Waals surface area contributed by atoms with Gasteiger partial charge < -0.3 is 9.80 Å². The Kier molecular flexibility index (Phi) is 8.04. The van der Waals surface area contributed by atoms with Crippen LogP contribution in [0.1, 0.15) is 52.0 Å². The number of halogens is 2. The molecule has 182 valence electrons. The summed E-state index contributed by atoms with van der Waals surface area (Å²) >= 11 is 0. The number of allylic oxidation sites excluding steroid dienone is 1. The average molecular weight is 461 g/mol. The van der Waals surface area contributed by atoms with Gasteiger partial charge in [0.15, 0.2) is 0 Å². The molecule has 0 aromatic heterocycles. The van der Waals surface area contributed by atoms with Crippen molar-refractivity contribution in [2.75, 3.05) is 34.2 Å². The van der Waals surface area contributed by atoms with Gasteiger partial charge in [0.25, 0.3) is 0 Å². The van der Waals surface area contributed by atoms with Crippen LogP contribution in [-0.4, -0.2) is 56.0 Å². The van der Waals surface area contributed by atoms with E-state index < -0.39 is 11.6 Å². The monoisotopic (exact) mass is 460 g/mol. The maximum Gasteiger partial charge on any atom is 0.229 e. The molecule has 1 unspecified atom stereocenters. The number of benzene rings is 1. The molecular formula is C26H38F2N4O. The van der Waals surface area contributed by atoms with E-state index in [1.54, 1.807) is 0 Å². The number of amides is 1. The van der Waals surface area contributed by atoms with E-state index in [1.807, 2.05) is 13.0 Å². The fourth-order valence-corrected chi connectivity index (χ4v) is 5.59. The van der Waals surface area contributed by atoms with Crippen molar-refractivity contribution in [1.29, 1.82) is 0 Å². The maximum atomic E-state index is 14.4. The van der Waals surface area contributed by atoms with Gasteiger partial charge in [-0.1, -0.05) is 32.9 Å². The zero-order valence-electron chi connectivity index (χ0n) is 20.8. The smallest absolute Gasteiger partial charge is 0.229 e. The van der Waals surface area contributed by atoms with E-state index in [0.29, 0.717) is 6.04 Å². The molecule has 1 saturated heterocycles. The molecule has 33 heavy (non-hydrogen) atoms. The van der Waals surface area contributed by atoms with Crippen LogP contribution in [0.2, 0.25) is 0 Å². The molecule has 0 spiro atoms. The van der Waals surface area contributed by atoms with Crippen LogP contribution in [0.5, 0.6) is 0 Å². The predicted molar refractivity (Wildman–Crippen MR) is 128 cm³/mol. The number of hydrogen-bond donors (Lipinski definition) is 0. The summed E-state index contributed by atoms with van der Waals surface area (Å²) in [5.41, 5.74) is -0.322. The summed E-state index contributed by atoms with van der Waals surface area (Å²) in [6, 6.07) is 4.22. The fraction of sp³-hybridized carbons (Fsp3) is 0.654. The first-order valence-corrected chi connectivity index (χ1v) is 12.0. The molecule has 3 rings (SSSR count). The normalized spacial score (nSPS) is 27.3. The fourth-order valence-electron chi connectivity index (χ4n) is 5.59. The lowest BCUT2D eigenvalue weighted by atomic mass is 9.73. The molecule has 1 aliphatic carbocycles. The Hall–Kier alpha value is -2.15. The molecule has 1 aromatic carbocycles. The van der Waals surface area contributed by atoms with E-state index in [1.165, 1.54) is 25.2 Å². The Labute approximate surface area is 196 Å². The zero-order valence-corrected chi connectivity index (χ0v) is 20.8. The van der Waals surface area contributed by atoms with Crippen LogP contribution in [0.3, 0.4) is 0 Å². The van der Waals surface area contributed by atoms with Gasteiger partial charge in [-0.2, -0.15) is 10.2 Å². The molecule has 7 heteroatoms. The number of likely N-dealkylation sites (tertiary alicyclic amines) is 1. The summed E-state index contributed by atoms with van der Waals surface area (Å²) in [5, 5.41) is 7.84. The van der Waals surface area contributed by atoms with Crippen LogP contribution in [-0.2, 0) is 4.79 Å². The molecular weight excluding hydrogens is 422 g/mol. The van der Waals surface area contributed by atoms with Crippen molar-refractivity contribution in [2.45, 2.75) is 52.5 Å². The van der Waals surface area contributed by atoms with Gasteiger partial charge in [0.2, 0.25) is 5.91 Å². The lowest BCUT2D eigenvalue weighted by Crippen LogP contribution is -2.46. The Balaban J connectivity index is 1.82. The summed E-state index contributed by atoms with van der Waals surface area (Å²) < 4.78 is 28.8. The predicted octanol–water partition coefficient (Wildman–Crippen LogP) is 5.63. The highest BCUT2D eigenvalue weighted by atomic mass is 19.1. The summed E-state index contributed by atoms with van der Waals surface area (Å²) in [6.45, 7) is 7.93. The van der Waals surface area contributed by atoms with Crippen LogP contribution in [0.4, 0.5) is 8.78 Å². The van der Waals surface area contributed by atoms with Crippen LogP contribution in [0, 0.1) is 34.8 Å². The molecule has 2 aliphatic rings. The minimum atomic E-state index is -0.650. The summed E-state index contributed by atoms with van der Waals surface area (Å²) in [6.07, 6.45) is 5.35. The highest BCUT2D eigenvalue weighted by Gasteiger charge is 2.50. The van der Waals surface area contributed by atoms with E-state index in [9.17, 15) is 13.6 Å². The molecule has 0 N–H and O–H groups in total. The maximum absolute atomic E-state index is 14.4. The summed E-state index contributed by atoms with van der Waals surface area (Å²) in [5.74, 6) is -0.559. The van der Waals surface area contributed by atoms with Gasteiger partial charge >= 0.3 is 0 Å². The van der Waals surface area contributed by atoms with Crippen molar-refractivity contribution in [3.05, 3.63) is 41.5 Å². The number of likely N-dealkylation sites (N-methyl/N-ethyl adjacent to an activating group) is 1. The Morgan fingerprint density at radius 3 is 2.42 bits per heavy atom. The first-order valence-electron chi connectivity index (χ1n) is 12.0. The summed E-state index contributed by atoms with van der Waals surface area (Å²) in [7, 11) is 5.63.